The third-order valence-corrected chi connectivity index (χ3v) is 5.89. The molecule has 2 atom stereocenters. The van der Waals surface area contributed by atoms with Gasteiger partial charge in [-0.3, -0.25) is 9.59 Å². The molecular weight excluding hydrogens is 316 g/mol. The fourth-order valence-corrected chi connectivity index (χ4v) is 4.44. The van der Waals surface area contributed by atoms with Crippen LogP contribution in [0.25, 0.3) is 0 Å². The summed E-state index contributed by atoms with van der Waals surface area (Å²) in [5.41, 5.74) is 0.962. The van der Waals surface area contributed by atoms with Crippen molar-refractivity contribution in [3.8, 4) is 0 Å². The lowest BCUT2D eigenvalue weighted by Gasteiger charge is -2.23. The highest BCUT2D eigenvalue weighted by Crippen LogP contribution is 2.17. The summed E-state index contributed by atoms with van der Waals surface area (Å²) < 4.78 is 23.0. The Kier molecular flexibility index (Phi) is 5.41. The molecule has 1 saturated heterocycles. The summed E-state index contributed by atoms with van der Waals surface area (Å²) in [5, 5.41) is 2.78. The molecule has 126 valence electrons. The van der Waals surface area contributed by atoms with Gasteiger partial charge < -0.3 is 10.2 Å². The molecule has 1 aromatic rings. The maximum absolute atomic E-state index is 12.1. The minimum absolute atomic E-state index is 0.0166. The van der Waals surface area contributed by atoms with E-state index < -0.39 is 9.84 Å². The molecule has 0 aliphatic carbocycles. The average Bonchev–Trinajstić information content (AvgIpc) is 2.87. The third-order valence-electron chi connectivity index (χ3n) is 4.14. The highest BCUT2D eigenvalue weighted by molar-refractivity contribution is 7.91. The zero-order chi connectivity index (χ0) is 17.0. The van der Waals surface area contributed by atoms with Gasteiger partial charge in [-0.1, -0.05) is 30.3 Å². The molecule has 0 aromatic heterocycles. The van der Waals surface area contributed by atoms with E-state index in [-0.39, 0.29) is 41.8 Å². The van der Waals surface area contributed by atoms with Crippen molar-refractivity contribution in [1.82, 2.24) is 10.2 Å². The third kappa shape index (κ3) is 4.79. The van der Waals surface area contributed by atoms with Gasteiger partial charge in [0.1, 0.15) is 6.42 Å². The predicted molar refractivity (Wildman–Crippen MR) is 87.4 cm³/mol. The van der Waals surface area contributed by atoms with E-state index in [1.807, 2.05) is 37.3 Å². The highest BCUT2D eigenvalue weighted by atomic mass is 32.2. The van der Waals surface area contributed by atoms with E-state index in [1.165, 1.54) is 4.90 Å². The molecule has 7 heteroatoms. The lowest BCUT2D eigenvalue weighted by Crippen LogP contribution is -2.40. The summed E-state index contributed by atoms with van der Waals surface area (Å²) in [5.74, 6) is -0.631. The van der Waals surface area contributed by atoms with Gasteiger partial charge in [-0.05, 0) is 18.9 Å². The van der Waals surface area contributed by atoms with E-state index in [9.17, 15) is 18.0 Å². The van der Waals surface area contributed by atoms with Crippen molar-refractivity contribution in [2.75, 3.05) is 18.6 Å². The number of nitrogens with zero attached hydrogens (tertiary/aromatic N) is 1. The van der Waals surface area contributed by atoms with Crippen LogP contribution in [0.5, 0.6) is 0 Å². The van der Waals surface area contributed by atoms with Crippen molar-refractivity contribution >= 4 is 21.7 Å². The van der Waals surface area contributed by atoms with Gasteiger partial charge in [0.15, 0.2) is 9.84 Å². The molecule has 0 spiro atoms. The summed E-state index contributed by atoms with van der Waals surface area (Å²) in [7, 11) is -1.49. The van der Waals surface area contributed by atoms with Crippen LogP contribution in [0.4, 0.5) is 0 Å². The Balaban J connectivity index is 1.86. The van der Waals surface area contributed by atoms with Crippen LogP contribution in [-0.4, -0.2) is 49.7 Å². The molecule has 1 fully saturated rings. The minimum atomic E-state index is -3.05. The molecule has 2 amide bonds. The Bertz CT molecular complexity index is 673. The van der Waals surface area contributed by atoms with E-state index >= 15 is 0 Å². The van der Waals surface area contributed by atoms with Crippen LogP contribution in [0.3, 0.4) is 0 Å². The number of hydrogen-bond acceptors (Lipinski definition) is 4. The number of amides is 2. The van der Waals surface area contributed by atoms with Gasteiger partial charge in [0.05, 0.1) is 17.5 Å². The Labute approximate surface area is 136 Å². The molecule has 2 unspecified atom stereocenters. The number of nitrogens with one attached hydrogen (secondary N) is 1. The summed E-state index contributed by atoms with van der Waals surface area (Å²) in [6, 6.07) is 8.96. The second-order valence-electron chi connectivity index (χ2n) is 5.94. The first-order valence-electron chi connectivity index (χ1n) is 7.59. The second kappa shape index (κ2) is 7.12. The van der Waals surface area contributed by atoms with Gasteiger partial charge in [-0.25, -0.2) is 8.42 Å². The van der Waals surface area contributed by atoms with Crippen molar-refractivity contribution in [2.24, 2.45) is 0 Å². The van der Waals surface area contributed by atoms with Gasteiger partial charge in [-0.2, -0.15) is 0 Å². The van der Waals surface area contributed by atoms with Crippen molar-refractivity contribution < 1.29 is 18.0 Å². The monoisotopic (exact) mass is 338 g/mol. The summed E-state index contributed by atoms with van der Waals surface area (Å²) >= 11 is 0. The molecule has 0 radical (unpaired) electrons. The van der Waals surface area contributed by atoms with Crippen LogP contribution in [-0.2, 0) is 19.4 Å². The van der Waals surface area contributed by atoms with E-state index in [0.717, 1.165) is 5.56 Å². The topological polar surface area (TPSA) is 83.6 Å². The Morgan fingerprint density at radius 1 is 1.30 bits per heavy atom. The maximum atomic E-state index is 12.1. The van der Waals surface area contributed by atoms with Crippen molar-refractivity contribution in [3.05, 3.63) is 35.9 Å². The Hall–Kier alpha value is -1.89. The first kappa shape index (κ1) is 17.5. The predicted octanol–water partition coefficient (Wildman–Crippen LogP) is 0.899. The molecule has 1 aliphatic rings. The second-order valence-corrected chi connectivity index (χ2v) is 8.17. The molecule has 23 heavy (non-hydrogen) atoms. The molecule has 2 rings (SSSR count). The van der Waals surface area contributed by atoms with Gasteiger partial charge >= 0.3 is 0 Å². The number of sulfone groups is 1. The zero-order valence-electron chi connectivity index (χ0n) is 13.4. The summed E-state index contributed by atoms with van der Waals surface area (Å²) in [6.07, 6.45) is 0.164. The number of benzene rings is 1. The fourth-order valence-electron chi connectivity index (χ4n) is 2.66. The van der Waals surface area contributed by atoms with Crippen LogP contribution in [0.1, 0.15) is 31.4 Å². The Morgan fingerprint density at radius 2 is 1.96 bits per heavy atom. The molecule has 1 heterocycles. The quantitative estimate of drug-likeness (QED) is 0.809. The molecule has 1 N–H and O–H groups in total. The van der Waals surface area contributed by atoms with Crippen LogP contribution in [0.15, 0.2) is 30.3 Å². The zero-order valence-corrected chi connectivity index (χ0v) is 14.2. The van der Waals surface area contributed by atoms with Crippen molar-refractivity contribution in [2.45, 2.75) is 31.8 Å². The standard InChI is InChI=1S/C16H22N2O4S/c1-12(13-6-4-3-5-7-13)17-15(19)10-16(20)18(2)14-8-9-23(21,22)11-14/h3-7,12,14H,8-11H2,1-2H3,(H,17,19). The van der Waals surface area contributed by atoms with Crippen molar-refractivity contribution in [3.63, 3.8) is 0 Å². The van der Waals surface area contributed by atoms with E-state index in [2.05, 4.69) is 5.32 Å². The normalized spacial score (nSPS) is 20.7. The van der Waals surface area contributed by atoms with E-state index in [0.29, 0.717) is 6.42 Å². The molecule has 0 bridgehead atoms. The molecule has 1 aliphatic heterocycles. The van der Waals surface area contributed by atoms with Gasteiger partial charge in [-0.15, -0.1) is 0 Å². The van der Waals surface area contributed by atoms with Gasteiger partial charge in [0, 0.05) is 13.1 Å². The smallest absolute Gasteiger partial charge is 0.232 e. The summed E-state index contributed by atoms with van der Waals surface area (Å²) in [4.78, 5) is 25.5. The number of rotatable bonds is 5. The Morgan fingerprint density at radius 3 is 2.52 bits per heavy atom. The van der Waals surface area contributed by atoms with Crippen LogP contribution >= 0.6 is 0 Å². The molecule has 0 saturated carbocycles. The van der Waals surface area contributed by atoms with Crippen LogP contribution in [0, 0.1) is 0 Å². The average molecular weight is 338 g/mol. The number of carbonyl (C=O) groups excluding carboxylic acids is 2. The molecule has 1 aromatic carbocycles. The molecule has 6 nitrogen and oxygen atoms in total. The first-order valence-corrected chi connectivity index (χ1v) is 9.41. The summed E-state index contributed by atoms with van der Waals surface area (Å²) in [6.45, 7) is 1.85. The maximum Gasteiger partial charge on any atom is 0.232 e. The lowest BCUT2D eigenvalue weighted by atomic mass is 10.1. The van der Waals surface area contributed by atoms with Crippen LogP contribution < -0.4 is 5.32 Å². The van der Waals surface area contributed by atoms with Crippen LogP contribution in [0.2, 0.25) is 0 Å². The lowest BCUT2D eigenvalue weighted by molar-refractivity contribution is -0.136. The van der Waals surface area contributed by atoms with E-state index in [4.69, 9.17) is 0 Å². The first-order chi connectivity index (χ1) is 10.8. The van der Waals surface area contributed by atoms with E-state index in [1.54, 1.807) is 7.05 Å². The fraction of sp³-hybridized carbons (Fsp3) is 0.500. The highest BCUT2D eigenvalue weighted by Gasteiger charge is 2.33. The largest absolute Gasteiger partial charge is 0.349 e. The van der Waals surface area contributed by atoms with Crippen molar-refractivity contribution in [1.29, 1.82) is 0 Å². The van der Waals surface area contributed by atoms with Gasteiger partial charge in [0.2, 0.25) is 11.8 Å². The number of hydrogen-bond donors (Lipinski definition) is 1. The number of carbonyl (C=O) groups is 2. The molecular formula is C16H22N2O4S. The van der Waals surface area contributed by atoms with Gasteiger partial charge in [0.25, 0.3) is 0 Å². The minimum Gasteiger partial charge on any atom is -0.349 e. The SMILES string of the molecule is CC(NC(=O)CC(=O)N(C)C1CCS(=O)(=O)C1)c1ccccc1.